The molecule has 0 aromatic heterocycles. The molecule has 8 nitrogen and oxygen atoms in total. The van der Waals surface area contributed by atoms with Crippen LogP contribution in [0, 0.1) is 11.8 Å². The highest BCUT2D eigenvalue weighted by molar-refractivity contribution is 7.57. The first kappa shape index (κ1) is 20.9. The summed E-state index contributed by atoms with van der Waals surface area (Å²) in [4.78, 5) is 32.3. The Morgan fingerprint density at radius 1 is 1.18 bits per heavy atom. The quantitative estimate of drug-likeness (QED) is 0.344. The van der Waals surface area contributed by atoms with Crippen molar-refractivity contribution in [2.24, 2.45) is 11.8 Å². The van der Waals surface area contributed by atoms with Crippen LogP contribution in [0.2, 0.25) is 0 Å². The molecule has 3 atom stereocenters. The van der Waals surface area contributed by atoms with Crippen molar-refractivity contribution in [1.82, 2.24) is 5.32 Å². The first-order valence-corrected chi connectivity index (χ1v) is 9.34. The summed E-state index contributed by atoms with van der Waals surface area (Å²) in [5.41, 5.74) is 0. The van der Waals surface area contributed by atoms with Gasteiger partial charge in [-0.3, -0.25) is 9.36 Å². The maximum atomic E-state index is 11.6. The number of carbonyl (C=O) groups is 2. The molecular formula is C13H26NO7P. The number of aliphatic hydroxyl groups is 1. The molecule has 0 aliphatic rings. The van der Waals surface area contributed by atoms with Crippen LogP contribution in [0.5, 0.6) is 0 Å². The normalized spacial score (nSPS) is 16.8. The molecule has 0 aromatic carbocycles. The Kier molecular flexibility index (Phi) is 8.66. The second-order valence-corrected chi connectivity index (χ2v) is 8.34. The standard InChI is InChI=1S/C13H26NO7P/c1-8(2)11(16)20-12(9(3)4)21-13(17)14-6-10(15)7-22(5,18)19/h8-10,12,15H,6-7H2,1-5H3,(H,14,17)(H,18,19)/t10-,12?/m0/s1. The Morgan fingerprint density at radius 2 is 1.73 bits per heavy atom. The van der Waals surface area contributed by atoms with Crippen molar-refractivity contribution in [3.8, 4) is 0 Å². The van der Waals surface area contributed by atoms with Crippen LogP contribution in [0.15, 0.2) is 0 Å². The summed E-state index contributed by atoms with van der Waals surface area (Å²) in [5, 5.41) is 11.8. The maximum absolute atomic E-state index is 11.6. The lowest BCUT2D eigenvalue weighted by atomic mass is 10.2. The molecule has 0 aliphatic heterocycles. The minimum Gasteiger partial charge on any atom is -0.425 e. The highest BCUT2D eigenvalue weighted by atomic mass is 31.2. The van der Waals surface area contributed by atoms with Crippen LogP contribution in [-0.4, -0.2) is 53.8 Å². The number of amides is 1. The average molecular weight is 339 g/mol. The molecule has 0 spiro atoms. The first-order valence-electron chi connectivity index (χ1n) is 7.04. The third kappa shape index (κ3) is 9.76. The van der Waals surface area contributed by atoms with Crippen molar-refractivity contribution in [2.75, 3.05) is 19.4 Å². The van der Waals surface area contributed by atoms with Gasteiger partial charge in [0.25, 0.3) is 6.29 Å². The molecule has 0 aromatic rings. The topological polar surface area (TPSA) is 122 Å². The fraction of sp³-hybridized carbons (Fsp3) is 0.846. The molecule has 0 heterocycles. The van der Waals surface area contributed by atoms with Crippen LogP contribution < -0.4 is 5.32 Å². The summed E-state index contributed by atoms with van der Waals surface area (Å²) in [5.74, 6) is -1.08. The van der Waals surface area contributed by atoms with Crippen LogP contribution in [0.1, 0.15) is 27.7 Å². The maximum Gasteiger partial charge on any atom is 0.410 e. The van der Waals surface area contributed by atoms with Gasteiger partial charge in [0.1, 0.15) is 0 Å². The van der Waals surface area contributed by atoms with Gasteiger partial charge in [0, 0.05) is 19.1 Å². The van der Waals surface area contributed by atoms with Crippen molar-refractivity contribution >= 4 is 19.4 Å². The molecule has 0 radical (unpaired) electrons. The summed E-state index contributed by atoms with van der Waals surface area (Å²) in [6.45, 7) is 7.65. The van der Waals surface area contributed by atoms with E-state index in [0.717, 1.165) is 6.66 Å². The number of alkyl carbamates (subject to hydrolysis) is 1. The highest BCUT2D eigenvalue weighted by Gasteiger charge is 2.24. The molecule has 2 unspecified atom stereocenters. The Morgan fingerprint density at radius 3 is 2.14 bits per heavy atom. The van der Waals surface area contributed by atoms with Crippen LogP contribution >= 0.6 is 7.37 Å². The van der Waals surface area contributed by atoms with Gasteiger partial charge >= 0.3 is 12.1 Å². The Balaban J connectivity index is 4.35. The summed E-state index contributed by atoms with van der Waals surface area (Å²) in [6.07, 6.45) is -3.41. The van der Waals surface area contributed by atoms with E-state index in [1.165, 1.54) is 0 Å². The van der Waals surface area contributed by atoms with Crippen molar-refractivity contribution in [2.45, 2.75) is 40.1 Å². The third-order valence-electron chi connectivity index (χ3n) is 2.50. The van der Waals surface area contributed by atoms with Gasteiger partial charge in [-0.1, -0.05) is 27.7 Å². The zero-order valence-electron chi connectivity index (χ0n) is 13.6. The molecule has 0 aliphatic carbocycles. The van der Waals surface area contributed by atoms with E-state index in [1.54, 1.807) is 27.7 Å². The SMILES string of the molecule is CC(C)C(=O)OC(OC(=O)NC[C@H](O)CP(C)(=O)O)C(C)C. The predicted molar refractivity (Wildman–Crippen MR) is 80.7 cm³/mol. The average Bonchev–Trinajstić information content (AvgIpc) is 2.33. The van der Waals surface area contributed by atoms with Crippen LogP contribution in [0.25, 0.3) is 0 Å². The van der Waals surface area contributed by atoms with E-state index < -0.39 is 31.8 Å². The van der Waals surface area contributed by atoms with Gasteiger partial charge in [-0.05, 0) is 0 Å². The number of carbonyl (C=O) groups excluding carboxylic acids is 2. The summed E-state index contributed by atoms with van der Waals surface area (Å²) in [6, 6.07) is 0. The second kappa shape index (κ2) is 9.12. The van der Waals surface area contributed by atoms with E-state index >= 15 is 0 Å². The molecule has 0 fully saturated rings. The monoisotopic (exact) mass is 339 g/mol. The molecule has 22 heavy (non-hydrogen) atoms. The molecule has 0 bridgehead atoms. The van der Waals surface area contributed by atoms with E-state index in [9.17, 15) is 19.3 Å². The molecule has 0 rings (SSSR count). The van der Waals surface area contributed by atoms with E-state index in [0.29, 0.717) is 0 Å². The summed E-state index contributed by atoms with van der Waals surface area (Å²) < 4.78 is 21.2. The fourth-order valence-electron chi connectivity index (χ4n) is 1.35. The molecule has 0 saturated heterocycles. The van der Waals surface area contributed by atoms with E-state index in [4.69, 9.17) is 14.4 Å². The summed E-state index contributed by atoms with van der Waals surface area (Å²) in [7, 11) is -3.37. The summed E-state index contributed by atoms with van der Waals surface area (Å²) >= 11 is 0. The van der Waals surface area contributed by atoms with Crippen LogP contribution in [0.4, 0.5) is 4.79 Å². The Hall–Kier alpha value is -1.11. The first-order chi connectivity index (χ1) is 9.92. The van der Waals surface area contributed by atoms with E-state index in [1.807, 2.05) is 0 Å². The van der Waals surface area contributed by atoms with Gasteiger partial charge in [0.05, 0.1) is 18.2 Å². The number of aliphatic hydroxyl groups excluding tert-OH is 1. The van der Waals surface area contributed by atoms with Crippen LogP contribution in [-0.2, 0) is 18.8 Å². The van der Waals surface area contributed by atoms with Crippen molar-refractivity contribution in [3.63, 3.8) is 0 Å². The van der Waals surface area contributed by atoms with Gasteiger partial charge in [0.2, 0.25) is 0 Å². The molecule has 9 heteroatoms. The van der Waals surface area contributed by atoms with Crippen LogP contribution in [0.3, 0.4) is 0 Å². The fourth-order valence-corrected chi connectivity index (χ4v) is 2.26. The highest BCUT2D eigenvalue weighted by Crippen LogP contribution is 2.35. The lowest BCUT2D eigenvalue weighted by molar-refractivity contribution is -0.178. The largest absolute Gasteiger partial charge is 0.425 e. The van der Waals surface area contributed by atoms with Gasteiger partial charge in [0.15, 0.2) is 7.37 Å². The molecule has 0 saturated carbocycles. The Labute approximate surface area is 130 Å². The molecule has 3 N–H and O–H groups in total. The van der Waals surface area contributed by atoms with E-state index in [2.05, 4.69) is 5.32 Å². The second-order valence-electron chi connectivity index (χ2n) is 5.88. The third-order valence-corrected chi connectivity index (χ3v) is 3.60. The predicted octanol–water partition coefficient (Wildman–Crippen LogP) is 1.15. The van der Waals surface area contributed by atoms with Crippen molar-refractivity contribution < 1.29 is 33.6 Å². The molecular weight excluding hydrogens is 313 g/mol. The minimum absolute atomic E-state index is 0.236. The number of nitrogens with one attached hydrogen (secondary N) is 1. The number of hydrogen-bond donors (Lipinski definition) is 3. The van der Waals surface area contributed by atoms with E-state index in [-0.39, 0.29) is 24.5 Å². The lowest BCUT2D eigenvalue weighted by Crippen LogP contribution is -2.39. The zero-order chi connectivity index (χ0) is 17.5. The number of rotatable bonds is 8. The smallest absolute Gasteiger partial charge is 0.410 e. The lowest BCUT2D eigenvalue weighted by Gasteiger charge is -2.22. The number of esters is 1. The van der Waals surface area contributed by atoms with Gasteiger partial charge in [-0.2, -0.15) is 0 Å². The molecule has 1 amide bonds. The Bertz CT molecular complexity index is 419. The van der Waals surface area contributed by atoms with Crippen molar-refractivity contribution in [3.05, 3.63) is 0 Å². The van der Waals surface area contributed by atoms with Gasteiger partial charge in [-0.15, -0.1) is 0 Å². The van der Waals surface area contributed by atoms with Gasteiger partial charge in [-0.25, -0.2) is 4.79 Å². The molecule has 130 valence electrons. The minimum atomic E-state index is -3.37. The number of hydrogen-bond acceptors (Lipinski definition) is 6. The van der Waals surface area contributed by atoms with Gasteiger partial charge < -0.3 is 24.8 Å². The number of ether oxygens (including phenoxy) is 2. The zero-order valence-corrected chi connectivity index (χ0v) is 14.5. The van der Waals surface area contributed by atoms with Crippen molar-refractivity contribution in [1.29, 1.82) is 0 Å².